The zero-order chi connectivity index (χ0) is 10.0. The minimum Gasteiger partial charge on any atom is -0.453 e. The molecule has 0 bridgehead atoms. The lowest BCUT2D eigenvalue weighted by Gasteiger charge is -2.23. The Balaban J connectivity index is 2.30. The highest BCUT2D eigenvalue weighted by molar-refractivity contribution is 5.33. The van der Waals surface area contributed by atoms with Gasteiger partial charge < -0.3 is 9.47 Å². The van der Waals surface area contributed by atoms with Crippen LogP contribution >= 0.6 is 0 Å². The first-order chi connectivity index (χ1) is 6.74. The lowest BCUT2D eigenvalue weighted by molar-refractivity contribution is -0.133. The van der Waals surface area contributed by atoms with Gasteiger partial charge in [-0.1, -0.05) is 0 Å². The summed E-state index contributed by atoms with van der Waals surface area (Å²) in [5.74, 6) is -0.742. The Morgan fingerprint density at radius 1 is 1.14 bits per heavy atom. The molecule has 1 aliphatic rings. The molecule has 70 valence electrons. The summed E-state index contributed by atoms with van der Waals surface area (Å²) in [6.07, 6.45) is 3.02. The molecule has 0 saturated carbocycles. The van der Waals surface area contributed by atoms with Crippen molar-refractivity contribution in [3.63, 3.8) is 0 Å². The van der Waals surface area contributed by atoms with Gasteiger partial charge in [-0.3, -0.25) is 0 Å². The van der Waals surface area contributed by atoms with Crippen LogP contribution in [0.1, 0.15) is 18.1 Å². The van der Waals surface area contributed by atoms with Crippen molar-refractivity contribution in [1.29, 1.82) is 5.26 Å². The van der Waals surface area contributed by atoms with Crippen LogP contribution < -0.4 is 0 Å². The Morgan fingerprint density at radius 2 is 1.71 bits per heavy atom. The number of nitriles is 1. The van der Waals surface area contributed by atoms with Crippen LogP contribution in [-0.4, -0.2) is 0 Å². The van der Waals surface area contributed by atoms with E-state index in [0.29, 0.717) is 5.56 Å². The summed E-state index contributed by atoms with van der Waals surface area (Å²) < 4.78 is 10.6. The van der Waals surface area contributed by atoms with Gasteiger partial charge in [-0.15, -0.1) is 0 Å². The van der Waals surface area contributed by atoms with Gasteiger partial charge in [0.05, 0.1) is 11.6 Å². The van der Waals surface area contributed by atoms with Gasteiger partial charge in [-0.25, -0.2) is 0 Å². The summed E-state index contributed by atoms with van der Waals surface area (Å²) >= 11 is 0. The van der Waals surface area contributed by atoms with Gasteiger partial charge in [0.2, 0.25) is 0 Å². The van der Waals surface area contributed by atoms with Crippen LogP contribution in [0.5, 0.6) is 0 Å². The van der Waals surface area contributed by atoms with E-state index in [4.69, 9.17) is 14.7 Å². The Bertz CT molecular complexity index is 392. The third kappa shape index (κ3) is 1.31. The van der Waals surface area contributed by atoms with E-state index >= 15 is 0 Å². The molecule has 0 aliphatic carbocycles. The average Bonchev–Trinajstić information content (AvgIpc) is 2.67. The molecule has 0 saturated heterocycles. The molecule has 0 atom stereocenters. The molecule has 0 radical (unpaired) electrons. The number of nitrogens with zero attached hydrogens (tertiary/aromatic N) is 1. The standard InChI is InChI=1S/C11H9NO2/c1-11(13-6-7-14-11)10-4-2-9(8-12)3-5-10/h2-7H,1H3. The van der Waals surface area contributed by atoms with Crippen LogP contribution in [0.25, 0.3) is 0 Å². The first-order valence-electron chi connectivity index (χ1n) is 4.26. The Morgan fingerprint density at radius 3 is 2.21 bits per heavy atom. The van der Waals surface area contributed by atoms with Crippen molar-refractivity contribution in [2.45, 2.75) is 12.7 Å². The molecule has 0 N–H and O–H groups in total. The average molecular weight is 187 g/mol. The van der Waals surface area contributed by atoms with Gasteiger partial charge in [0, 0.05) is 12.5 Å². The fourth-order valence-corrected chi connectivity index (χ4v) is 1.33. The van der Waals surface area contributed by atoms with Gasteiger partial charge in [-0.05, 0) is 24.3 Å². The molecule has 1 aliphatic heterocycles. The molecule has 3 heteroatoms. The van der Waals surface area contributed by atoms with Crippen LogP contribution in [0.2, 0.25) is 0 Å². The van der Waals surface area contributed by atoms with E-state index in [-0.39, 0.29) is 0 Å². The lowest BCUT2D eigenvalue weighted by atomic mass is 10.1. The molecule has 14 heavy (non-hydrogen) atoms. The molecule has 1 aromatic carbocycles. The van der Waals surface area contributed by atoms with E-state index in [1.807, 2.05) is 19.1 Å². The minimum absolute atomic E-state index is 0.628. The van der Waals surface area contributed by atoms with Crippen molar-refractivity contribution in [2.24, 2.45) is 0 Å². The Hall–Kier alpha value is -1.95. The van der Waals surface area contributed by atoms with E-state index < -0.39 is 5.79 Å². The molecule has 0 aromatic heterocycles. The summed E-state index contributed by atoms with van der Waals surface area (Å²) in [5, 5.41) is 8.63. The number of hydrogen-bond acceptors (Lipinski definition) is 3. The zero-order valence-corrected chi connectivity index (χ0v) is 7.73. The second-order valence-corrected chi connectivity index (χ2v) is 3.14. The number of rotatable bonds is 1. The highest BCUT2D eigenvalue weighted by Gasteiger charge is 2.31. The maximum atomic E-state index is 8.63. The van der Waals surface area contributed by atoms with E-state index in [1.54, 1.807) is 12.1 Å². The largest absolute Gasteiger partial charge is 0.453 e. The van der Waals surface area contributed by atoms with Gasteiger partial charge in [0.15, 0.2) is 0 Å². The fourth-order valence-electron chi connectivity index (χ4n) is 1.33. The maximum absolute atomic E-state index is 8.63. The van der Waals surface area contributed by atoms with Gasteiger partial charge in [-0.2, -0.15) is 5.26 Å². The number of hydrogen-bond donors (Lipinski definition) is 0. The van der Waals surface area contributed by atoms with Crippen LogP contribution in [0.3, 0.4) is 0 Å². The predicted octanol–water partition coefficient (Wildman–Crippen LogP) is 2.25. The van der Waals surface area contributed by atoms with E-state index in [1.165, 1.54) is 12.5 Å². The molecule has 0 fully saturated rings. The smallest absolute Gasteiger partial charge is 0.273 e. The van der Waals surface area contributed by atoms with Gasteiger partial charge >= 0.3 is 0 Å². The SMILES string of the molecule is CC1(c2ccc(C#N)cc2)OC=CO1. The molecular formula is C11H9NO2. The third-order valence-corrected chi connectivity index (χ3v) is 2.18. The van der Waals surface area contributed by atoms with Crippen molar-refractivity contribution in [2.75, 3.05) is 0 Å². The Kier molecular flexibility index (Phi) is 1.90. The molecule has 2 rings (SSSR count). The first kappa shape index (κ1) is 8.64. The Labute approximate surface area is 82.2 Å². The van der Waals surface area contributed by atoms with Crippen LogP contribution in [0, 0.1) is 11.3 Å². The molecule has 0 amide bonds. The topological polar surface area (TPSA) is 42.2 Å². The predicted molar refractivity (Wildman–Crippen MR) is 49.8 cm³/mol. The van der Waals surface area contributed by atoms with Crippen molar-refractivity contribution >= 4 is 0 Å². The monoisotopic (exact) mass is 187 g/mol. The molecule has 1 heterocycles. The van der Waals surface area contributed by atoms with Crippen molar-refractivity contribution < 1.29 is 9.47 Å². The van der Waals surface area contributed by atoms with Gasteiger partial charge in [0.1, 0.15) is 12.5 Å². The number of ether oxygens (including phenoxy) is 2. The van der Waals surface area contributed by atoms with E-state index in [2.05, 4.69) is 6.07 Å². The van der Waals surface area contributed by atoms with E-state index in [0.717, 1.165) is 5.56 Å². The normalized spacial score (nSPS) is 16.9. The van der Waals surface area contributed by atoms with Crippen molar-refractivity contribution in [1.82, 2.24) is 0 Å². The fraction of sp³-hybridized carbons (Fsp3) is 0.182. The second-order valence-electron chi connectivity index (χ2n) is 3.14. The highest BCUT2D eigenvalue weighted by atomic mass is 16.7. The molecule has 0 unspecified atom stereocenters. The van der Waals surface area contributed by atoms with Crippen LogP contribution in [0.15, 0.2) is 36.8 Å². The highest BCUT2D eigenvalue weighted by Crippen LogP contribution is 2.31. The molecule has 3 nitrogen and oxygen atoms in total. The number of benzene rings is 1. The molecule has 0 spiro atoms. The second kappa shape index (κ2) is 3.08. The molecular weight excluding hydrogens is 178 g/mol. The summed E-state index contributed by atoms with van der Waals surface area (Å²) in [4.78, 5) is 0. The molecule has 1 aromatic rings. The van der Waals surface area contributed by atoms with Crippen molar-refractivity contribution in [3.8, 4) is 6.07 Å². The van der Waals surface area contributed by atoms with Crippen LogP contribution in [0.4, 0.5) is 0 Å². The summed E-state index contributed by atoms with van der Waals surface area (Å²) in [6, 6.07) is 9.19. The summed E-state index contributed by atoms with van der Waals surface area (Å²) in [7, 11) is 0. The minimum atomic E-state index is -0.742. The van der Waals surface area contributed by atoms with Gasteiger partial charge in [0.25, 0.3) is 5.79 Å². The van der Waals surface area contributed by atoms with E-state index in [9.17, 15) is 0 Å². The zero-order valence-electron chi connectivity index (χ0n) is 7.73. The summed E-state index contributed by atoms with van der Waals surface area (Å²) in [5.41, 5.74) is 1.52. The lowest BCUT2D eigenvalue weighted by Crippen LogP contribution is -2.21. The third-order valence-electron chi connectivity index (χ3n) is 2.18. The van der Waals surface area contributed by atoms with Crippen molar-refractivity contribution in [3.05, 3.63) is 47.9 Å². The first-order valence-corrected chi connectivity index (χ1v) is 4.26. The van der Waals surface area contributed by atoms with Crippen LogP contribution in [-0.2, 0) is 15.3 Å². The quantitative estimate of drug-likeness (QED) is 0.677. The summed E-state index contributed by atoms with van der Waals surface area (Å²) in [6.45, 7) is 1.83. The maximum Gasteiger partial charge on any atom is 0.273 e.